The molecule has 1 fully saturated rings. The van der Waals surface area contributed by atoms with E-state index in [1.54, 1.807) is 0 Å². The second-order valence-electron chi connectivity index (χ2n) is 5.11. The zero-order valence-electron chi connectivity index (χ0n) is 11.2. The Labute approximate surface area is 126 Å². The molecule has 1 unspecified atom stereocenters. The zero-order chi connectivity index (χ0) is 13.9. The molecular weight excluding hydrogens is 288 g/mol. The van der Waals surface area contributed by atoms with E-state index in [0.29, 0.717) is 5.25 Å². The molecule has 20 heavy (non-hydrogen) atoms. The van der Waals surface area contributed by atoms with E-state index in [-0.39, 0.29) is 5.91 Å². The molecule has 0 bridgehead atoms. The number of nitrogen functional groups attached to an aromatic ring is 1. The van der Waals surface area contributed by atoms with Gasteiger partial charge in [-0.25, -0.2) is 0 Å². The van der Waals surface area contributed by atoms with E-state index in [9.17, 15) is 4.79 Å². The van der Waals surface area contributed by atoms with Gasteiger partial charge in [0.2, 0.25) is 0 Å². The molecule has 1 aromatic carbocycles. The van der Waals surface area contributed by atoms with Crippen LogP contribution in [0.2, 0.25) is 0 Å². The largest absolute Gasteiger partial charge is 0.399 e. The van der Waals surface area contributed by atoms with Crippen LogP contribution in [0.5, 0.6) is 0 Å². The molecule has 3 rings (SSSR count). The van der Waals surface area contributed by atoms with E-state index in [0.717, 1.165) is 27.2 Å². The number of rotatable bonds is 3. The molecule has 1 atom stereocenters. The van der Waals surface area contributed by atoms with Gasteiger partial charge in [0.15, 0.2) is 0 Å². The van der Waals surface area contributed by atoms with Crippen LogP contribution in [0.3, 0.4) is 0 Å². The molecule has 0 aliphatic carbocycles. The Bertz CT molecular complexity index is 617. The van der Waals surface area contributed by atoms with Crippen LogP contribution < -0.4 is 11.1 Å². The number of hydrogen-bond acceptors (Lipinski definition) is 4. The number of thioether (sulfide) groups is 1. The number of carbonyl (C=O) groups is 1. The summed E-state index contributed by atoms with van der Waals surface area (Å²) in [6.45, 7) is 0.778. The minimum atomic E-state index is 0.0379. The number of carbonyl (C=O) groups excluding carboxylic acids is 1. The van der Waals surface area contributed by atoms with E-state index in [1.807, 2.05) is 36.0 Å². The van der Waals surface area contributed by atoms with E-state index in [4.69, 9.17) is 5.73 Å². The Kier molecular flexibility index (Phi) is 4.17. The summed E-state index contributed by atoms with van der Waals surface area (Å²) in [6.07, 6.45) is 3.82. The van der Waals surface area contributed by atoms with Gasteiger partial charge in [-0.15, -0.1) is 11.3 Å². The van der Waals surface area contributed by atoms with Crippen LogP contribution in [0.4, 0.5) is 5.69 Å². The number of nitrogens with two attached hydrogens (primary N) is 1. The molecule has 0 spiro atoms. The smallest absolute Gasteiger partial charge is 0.261 e. The van der Waals surface area contributed by atoms with Gasteiger partial charge in [-0.3, -0.25) is 4.79 Å². The number of fused-ring (bicyclic) bond motifs is 1. The number of nitrogens with one attached hydrogen (secondary N) is 1. The number of benzene rings is 1. The zero-order valence-corrected chi connectivity index (χ0v) is 12.9. The van der Waals surface area contributed by atoms with Crippen molar-refractivity contribution < 1.29 is 4.79 Å². The first-order valence-corrected chi connectivity index (χ1v) is 8.78. The van der Waals surface area contributed by atoms with Crippen molar-refractivity contribution in [1.82, 2.24) is 5.32 Å². The van der Waals surface area contributed by atoms with Crippen molar-refractivity contribution in [2.45, 2.75) is 24.5 Å². The lowest BCUT2D eigenvalue weighted by atomic mass is 10.2. The third-order valence-electron chi connectivity index (χ3n) is 3.53. The minimum absolute atomic E-state index is 0.0379. The van der Waals surface area contributed by atoms with Gasteiger partial charge in [0.05, 0.1) is 4.88 Å². The lowest BCUT2D eigenvalue weighted by Crippen LogP contribution is -2.31. The normalized spacial score (nSPS) is 19.1. The summed E-state index contributed by atoms with van der Waals surface area (Å²) in [7, 11) is 0. The fourth-order valence-corrected chi connectivity index (χ4v) is 4.63. The predicted molar refractivity (Wildman–Crippen MR) is 88.7 cm³/mol. The van der Waals surface area contributed by atoms with E-state index in [1.165, 1.54) is 36.4 Å². The van der Waals surface area contributed by atoms with Crippen LogP contribution in [-0.2, 0) is 0 Å². The van der Waals surface area contributed by atoms with Gasteiger partial charge in [0.25, 0.3) is 5.91 Å². The second-order valence-corrected chi connectivity index (χ2v) is 7.60. The summed E-state index contributed by atoms with van der Waals surface area (Å²) in [4.78, 5) is 13.0. The fourth-order valence-electron chi connectivity index (χ4n) is 2.44. The number of thiophene rings is 1. The number of hydrogen-bond donors (Lipinski definition) is 2. The molecule has 2 aromatic rings. The van der Waals surface area contributed by atoms with Crippen molar-refractivity contribution in [2.24, 2.45) is 0 Å². The molecule has 1 amide bonds. The average Bonchev–Trinajstić information content (AvgIpc) is 2.89. The number of anilines is 1. The molecule has 1 aliphatic heterocycles. The fraction of sp³-hybridized carbons (Fsp3) is 0.400. The van der Waals surface area contributed by atoms with Crippen molar-refractivity contribution in [2.75, 3.05) is 18.0 Å². The van der Waals surface area contributed by atoms with Crippen molar-refractivity contribution >= 4 is 44.8 Å². The van der Waals surface area contributed by atoms with Crippen LogP contribution >= 0.6 is 23.1 Å². The SMILES string of the molecule is Nc1ccc2sc(C(=O)NCC3CCCCS3)cc2c1. The first kappa shape index (κ1) is 13.8. The highest BCUT2D eigenvalue weighted by Gasteiger charge is 2.16. The van der Waals surface area contributed by atoms with Crippen LogP contribution in [0.1, 0.15) is 28.9 Å². The third kappa shape index (κ3) is 3.10. The average molecular weight is 306 g/mol. The monoisotopic (exact) mass is 306 g/mol. The summed E-state index contributed by atoms with van der Waals surface area (Å²) in [6, 6.07) is 7.70. The Morgan fingerprint density at radius 3 is 3.05 bits per heavy atom. The van der Waals surface area contributed by atoms with Crippen molar-refractivity contribution in [3.63, 3.8) is 0 Å². The molecule has 1 saturated heterocycles. The van der Waals surface area contributed by atoms with Crippen LogP contribution in [-0.4, -0.2) is 23.5 Å². The van der Waals surface area contributed by atoms with Crippen molar-refractivity contribution in [1.29, 1.82) is 0 Å². The second kappa shape index (κ2) is 6.06. The summed E-state index contributed by atoms with van der Waals surface area (Å²) >= 11 is 3.51. The highest BCUT2D eigenvalue weighted by Crippen LogP contribution is 2.28. The van der Waals surface area contributed by atoms with Gasteiger partial charge in [-0.2, -0.15) is 11.8 Å². The van der Waals surface area contributed by atoms with E-state index in [2.05, 4.69) is 5.32 Å². The van der Waals surface area contributed by atoms with Gasteiger partial charge in [0.1, 0.15) is 0 Å². The minimum Gasteiger partial charge on any atom is -0.399 e. The van der Waals surface area contributed by atoms with Gasteiger partial charge >= 0.3 is 0 Å². The Morgan fingerprint density at radius 2 is 2.25 bits per heavy atom. The molecule has 3 nitrogen and oxygen atoms in total. The summed E-state index contributed by atoms with van der Waals surface area (Å²) in [5, 5.41) is 4.69. The molecule has 1 aliphatic rings. The Balaban J connectivity index is 1.65. The molecule has 2 heterocycles. The maximum absolute atomic E-state index is 12.2. The first-order chi connectivity index (χ1) is 9.72. The van der Waals surface area contributed by atoms with Crippen LogP contribution in [0, 0.1) is 0 Å². The molecule has 3 N–H and O–H groups in total. The highest BCUT2D eigenvalue weighted by atomic mass is 32.2. The predicted octanol–water partition coefficient (Wildman–Crippen LogP) is 3.50. The molecule has 0 radical (unpaired) electrons. The Morgan fingerprint density at radius 1 is 1.35 bits per heavy atom. The lowest BCUT2D eigenvalue weighted by molar-refractivity contribution is 0.0957. The van der Waals surface area contributed by atoms with Crippen LogP contribution in [0.25, 0.3) is 10.1 Å². The molecule has 0 saturated carbocycles. The van der Waals surface area contributed by atoms with Crippen molar-refractivity contribution in [3.8, 4) is 0 Å². The van der Waals surface area contributed by atoms with Gasteiger partial charge in [-0.1, -0.05) is 6.42 Å². The lowest BCUT2D eigenvalue weighted by Gasteiger charge is -2.21. The van der Waals surface area contributed by atoms with E-state index < -0.39 is 0 Å². The molecule has 1 aromatic heterocycles. The Hall–Kier alpha value is -1.20. The summed E-state index contributed by atoms with van der Waals surface area (Å²) < 4.78 is 1.11. The molecular formula is C15H18N2OS2. The summed E-state index contributed by atoms with van der Waals surface area (Å²) in [5.74, 6) is 1.26. The first-order valence-electron chi connectivity index (χ1n) is 6.91. The van der Waals surface area contributed by atoms with Gasteiger partial charge in [-0.05, 0) is 48.2 Å². The molecule has 5 heteroatoms. The maximum Gasteiger partial charge on any atom is 0.261 e. The van der Waals surface area contributed by atoms with Gasteiger partial charge in [0, 0.05) is 22.2 Å². The summed E-state index contributed by atoms with van der Waals surface area (Å²) in [5.41, 5.74) is 6.50. The van der Waals surface area contributed by atoms with E-state index >= 15 is 0 Å². The quantitative estimate of drug-likeness (QED) is 0.853. The molecule has 106 valence electrons. The van der Waals surface area contributed by atoms with Gasteiger partial charge < -0.3 is 11.1 Å². The van der Waals surface area contributed by atoms with Crippen LogP contribution in [0.15, 0.2) is 24.3 Å². The standard InChI is InChI=1S/C15H18N2OS2/c16-11-4-5-13-10(7-11)8-14(20-13)15(18)17-9-12-3-1-2-6-19-12/h4-5,7-8,12H,1-3,6,9,16H2,(H,17,18). The number of amides is 1. The maximum atomic E-state index is 12.2. The van der Waals surface area contributed by atoms with Crippen molar-refractivity contribution in [3.05, 3.63) is 29.1 Å². The topological polar surface area (TPSA) is 55.1 Å². The third-order valence-corrected chi connectivity index (χ3v) is 6.04. The highest BCUT2D eigenvalue weighted by molar-refractivity contribution is 7.99.